The molecule has 1 rings (SSSR count). The number of hydrogen-bond acceptors (Lipinski definition) is 5. The van der Waals surface area contributed by atoms with Gasteiger partial charge in [0.25, 0.3) is 0 Å². The van der Waals surface area contributed by atoms with Gasteiger partial charge in [0.15, 0.2) is 17.5 Å². The molecule has 1 aromatic rings. The highest BCUT2D eigenvalue weighted by Gasteiger charge is 2.06. The van der Waals surface area contributed by atoms with Crippen LogP contribution in [0, 0.1) is 0 Å². The molecule has 0 spiro atoms. The molecule has 0 amide bonds. The molecule has 0 aliphatic heterocycles. The molecule has 0 aromatic heterocycles. The molecule has 0 radical (unpaired) electrons. The van der Waals surface area contributed by atoms with Crippen LogP contribution in [-0.2, 0) is 9.47 Å². The summed E-state index contributed by atoms with van der Waals surface area (Å²) in [5, 5.41) is 6.52. The quantitative estimate of drug-likeness (QED) is 0.342. The first-order chi connectivity index (χ1) is 12.2. The minimum Gasteiger partial charge on any atom is -0.493 e. The molecule has 2 N–H and O–H groups in total. The van der Waals surface area contributed by atoms with Crippen molar-refractivity contribution in [1.29, 1.82) is 0 Å². The number of anilines is 1. The van der Waals surface area contributed by atoms with E-state index in [9.17, 15) is 0 Å². The summed E-state index contributed by atoms with van der Waals surface area (Å²) in [5.41, 5.74) is 0.889. The zero-order valence-corrected chi connectivity index (χ0v) is 15.8. The van der Waals surface area contributed by atoms with Gasteiger partial charge in [0, 0.05) is 38.6 Å². The van der Waals surface area contributed by atoms with Crippen molar-refractivity contribution in [2.75, 3.05) is 59.6 Å². The minimum absolute atomic E-state index is 0.637. The fraction of sp³-hybridized carbons (Fsp3) is 0.611. The number of nitrogens with one attached hydrogen (secondary N) is 2. The lowest BCUT2D eigenvalue weighted by Gasteiger charge is -2.13. The van der Waals surface area contributed by atoms with Crippen molar-refractivity contribution >= 4 is 11.6 Å². The summed E-state index contributed by atoms with van der Waals surface area (Å²) >= 11 is 0. The van der Waals surface area contributed by atoms with E-state index in [4.69, 9.17) is 18.9 Å². The fourth-order valence-corrected chi connectivity index (χ4v) is 2.11. The molecule has 0 bridgehead atoms. The second kappa shape index (κ2) is 13.3. The Hall–Kier alpha value is -1.99. The van der Waals surface area contributed by atoms with Gasteiger partial charge in [0.2, 0.25) is 0 Å². The van der Waals surface area contributed by atoms with E-state index in [0.717, 1.165) is 44.2 Å². The summed E-state index contributed by atoms with van der Waals surface area (Å²) in [4.78, 5) is 4.58. The number of unbranched alkanes of at least 4 members (excludes halogenated alkanes) is 1. The molecular formula is C18H31N3O4. The topological polar surface area (TPSA) is 73.3 Å². The molecule has 0 saturated heterocycles. The van der Waals surface area contributed by atoms with Crippen LogP contribution < -0.4 is 20.1 Å². The van der Waals surface area contributed by atoms with E-state index in [1.807, 2.05) is 25.1 Å². The molecule has 0 aliphatic rings. The van der Waals surface area contributed by atoms with E-state index in [0.29, 0.717) is 24.7 Å². The zero-order chi connectivity index (χ0) is 18.3. The summed E-state index contributed by atoms with van der Waals surface area (Å²) < 4.78 is 21.0. The van der Waals surface area contributed by atoms with Crippen molar-refractivity contribution in [2.45, 2.75) is 19.8 Å². The Labute approximate surface area is 150 Å². The first kappa shape index (κ1) is 21.1. The van der Waals surface area contributed by atoms with E-state index < -0.39 is 0 Å². The fourth-order valence-electron chi connectivity index (χ4n) is 2.11. The number of rotatable bonds is 12. The van der Waals surface area contributed by atoms with Crippen LogP contribution in [0.15, 0.2) is 23.2 Å². The lowest BCUT2D eigenvalue weighted by molar-refractivity contribution is 0.0690. The van der Waals surface area contributed by atoms with Crippen molar-refractivity contribution in [1.82, 2.24) is 5.32 Å². The van der Waals surface area contributed by atoms with Crippen molar-refractivity contribution < 1.29 is 18.9 Å². The molecule has 25 heavy (non-hydrogen) atoms. The van der Waals surface area contributed by atoms with E-state index in [1.54, 1.807) is 21.3 Å². The van der Waals surface area contributed by atoms with Crippen molar-refractivity contribution in [2.24, 2.45) is 4.99 Å². The molecule has 1 aromatic carbocycles. The highest BCUT2D eigenvalue weighted by atomic mass is 16.5. The third kappa shape index (κ3) is 8.60. The summed E-state index contributed by atoms with van der Waals surface area (Å²) in [6, 6.07) is 5.68. The second-order valence-electron chi connectivity index (χ2n) is 5.27. The third-order valence-electron chi connectivity index (χ3n) is 3.39. The van der Waals surface area contributed by atoms with Crippen LogP contribution in [0.3, 0.4) is 0 Å². The average Bonchev–Trinajstić information content (AvgIpc) is 2.63. The monoisotopic (exact) mass is 353 g/mol. The van der Waals surface area contributed by atoms with Crippen molar-refractivity contribution in [3.63, 3.8) is 0 Å². The third-order valence-corrected chi connectivity index (χ3v) is 3.39. The Bertz CT molecular complexity index is 509. The van der Waals surface area contributed by atoms with Crippen LogP contribution in [0.4, 0.5) is 5.69 Å². The Morgan fingerprint density at radius 3 is 2.48 bits per heavy atom. The zero-order valence-electron chi connectivity index (χ0n) is 15.8. The van der Waals surface area contributed by atoms with Crippen molar-refractivity contribution in [3.05, 3.63) is 18.2 Å². The van der Waals surface area contributed by atoms with E-state index in [2.05, 4.69) is 15.6 Å². The molecule has 7 nitrogen and oxygen atoms in total. The number of methoxy groups -OCH3 is 3. The molecule has 0 saturated carbocycles. The molecule has 0 fully saturated rings. The van der Waals surface area contributed by atoms with Gasteiger partial charge in [0.05, 0.1) is 27.4 Å². The molecule has 0 aliphatic carbocycles. The normalized spacial score (nSPS) is 11.3. The van der Waals surface area contributed by atoms with E-state index in [-0.39, 0.29) is 0 Å². The maximum absolute atomic E-state index is 5.44. The van der Waals surface area contributed by atoms with Crippen LogP contribution in [-0.4, -0.2) is 60.2 Å². The second-order valence-corrected chi connectivity index (χ2v) is 5.27. The van der Waals surface area contributed by atoms with Gasteiger partial charge in [0.1, 0.15) is 0 Å². The first-order valence-electron chi connectivity index (χ1n) is 8.59. The highest BCUT2D eigenvalue weighted by Crippen LogP contribution is 2.29. The molecule has 0 unspecified atom stereocenters. The lowest BCUT2D eigenvalue weighted by atomic mass is 10.2. The van der Waals surface area contributed by atoms with Gasteiger partial charge >= 0.3 is 0 Å². The average molecular weight is 353 g/mol. The maximum atomic E-state index is 5.44. The number of guanidine groups is 1. The predicted octanol–water partition coefficient (Wildman–Crippen LogP) is 2.52. The number of ether oxygens (including phenoxy) is 4. The largest absolute Gasteiger partial charge is 0.493 e. The van der Waals surface area contributed by atoms with Crippen molar-refractivity contribution in [3.8, 4) is 11.5 Å². The molecule has 0 atom stereocenters. The Kier molecular flexibility index (Phi) is 11.2. The van der Waals surface area contributed by atoms with Gasteiger partial charge in [-0.05, 0) is 31.9 Å². The van der Waals surface area contributed by atoms with E-state index >= 15 is 0 Å². The smallest absolute Gasteiger partial charge is 0.195 e. The molecule has 142 valence electrons. The van der Waals surface area contributed by atoms with Crippen LogP contribution in [0.25, 0.3) is 0 Å². The van der Waals surface area contributed by atoms with Crippen LogP contribution in [0.2, 0.25) is 0 Å². The molecule has 7 heteroatoms. The number of aliphatic imine (C=N–C) groups is 1. The minimum atomic E-state index is 0.637. The highest BCUT2D eigenvalue weighted by molar-refractivity contribution is 5.93. The first-order valence-corrected chi connectivity index (χ1v) is 8.59. The Morgan fingerprint density at radius 1 is 1.00 bits per heavy atom. The summed E-state index contributed by atoms with van der Waals surface area (Å²) in [6.45, 7) is 5.57. The summed E-state index contributed by atoms with van der Waals surface area (Å²) in [6.07, 6.45) is 1.94. The summed E-state index contributed by atoms with van der Waals surface area (Å²) in [5.74, 6) is 2.12. The number of nitrogens with zero attached hydrogens (tertiary/aromatic N) is 1. The van der Waals surface area contributed by atoms with Gasteiger partial charge in [-0.1, -0.05) is 0 Å². The predicted molar refractivity (Wildman–Crippen MR) is 101 cm³/mol. The summed E-state index contributed by atoms with van der Waals surface area (Å²) in [7, 11) is 4.91. The molecule has 0 heterocycles. The maximum Gasteiger partial charge on any atom is 0.195 e. The van der Waals surface area contributed by atoms with E-state index in [1.165, 1.54) is 0 Å². The van der Waals surface area contributed by atoms with Gasteiger partial charge in [-0.2, -0.15) is 0 Å². The Morgan fingerprint density at radius 2 is 1.80 bits per heavy atom. The van der Waals surface area contributed by atoms with Crippen LogP contribution >= 0.6 is 0 Å². The number of hydrogen-bond donors (Lipinski definition) is 2. The standard InChI is InChI=1S/C18H31N3O4/c1-5-19-18(20-10-6-7-11-25-13-12-22-2)21-15-8-9-16(23-3)17(14-15)24-4/h8-9,14H,5-7,10-13H2,1-4H3,(H2,19,20,21). The SMILES string of the molecule is CCNC(=NCCCCOCCOC)Nc1ccc(OC)c(OC)c1. The van der Waals surface area contributed by atoms with Crippen LogP contribution in [0.5, 0.6) is 11.5 Å². The van der Waals surface area contributed by atoms with Crippen LogP contribution in [0.1, 0.15) is 19.8 Å². The van der Waals surface area contributed by atoms with Gasteiger partial charge in [-0.15, -0.1) is 0 Å². The number of benzene rings is 1. The van der Waals surface area contributed by atoms with Gasteiger partial charge in [-0.25, -0.2) is 0 Å². The Balaban J connectivity index is 2.47. The van der Waals surface area contributed by atoms with Gasteiger partial charge in [-0.3, -0.25) is 4.99 Å². The molecular weight excluding hydrogens is 322 g/mol. The lowest BCUT2D eigenvalue weighted by Crippen LogP contribution is -2.30. The van der Waals surface area contributed by atoms with Gasteiger partial charge < -0.3 is 29.6 Å².